The number of para-hydroxylation sites is 1. The molecule has 0 radical (unpaired) electrons. The van der Waals surface area contributed by atoms with Crippen LogP contribution >= 0.6 is 0 Å². The van der Waals surface area contributed by atoms with Crippen molar-refractivity contribution in [2.45, 2.75) is 19.4 Å². The van der Waals surface area contributed by atoms with E-state index in [1.54, 1.807) is 23.1 Å². The average Bonchev–Trinajstić information content (AvgIpc) is 2.38. The van der Waals surface area contributed by atoms with Crippen molar-refractivity contribution in [2.24, 2.45) is 0 Å². The predicted molar refractivity (Wildman–Crippen MR) is 74.0 cm³/mol. The van der Waals surface area contributed by atoms with Gasteiger partial charge in [-0.1, -0.05) is 12.1 Å². The highest BCUT2D eigenvalue weighted by molar-refractivity contribution is 6.00. The topological polar surface area (TPSA) is 78.9 Å². The Morgan fingerprint density at radius 1 is 1.35 bits per heavy atom. The lowest BCUT2D eigenvalue weighted by molar-refractivity contribution is -0.0720. The Balaban J connectivity index is 2.10. The lowest BCUT2D eigenvalue weighted by Crippen LogP contribution is -2.51. The second kappa shape index (κ2) is 5.50. The van der Waals surface area contributed by atoms with Crippen LogP contribution in [-0.2, 0) is 4.74 Å². The zero-order chi connectivity index (χ0) is 14.8. The molecular weight excluding hydrogens is 260 g/mol. The van der Waals surface area contributed by atoms with Crippen LogP contribution in [0.4, 0.5) is 10.5 Å². The highest BCUT2D eigenvalue weighted by atomic mass is 16.5. The molecule has 1 fully saturated rings. The molecule has 20 heavy (non-hydrogen) atoms. The van der Waals surface area contributed by atoms with E-state index in [9.17, 15) is 9.59 Å². The summed E-state index contributed by atoms with van der Waals surface area (Å²) in [7, 11) is 0. The minimum absolute atomic E-state index is 0.0772. The third-order valence-electron chi connectivity index (χ3n) is 3.11. The summed E-state index contributed by atoms with van der Waals surface area (Å²) in [6.45, 7) is 5.26. The minimum Gasteiger partial charge on any atom is -0.478 e. The number of nitrogens with zero attached hydrogens (tertiary/aromatic N) is 1. The second-order valence-corrected chi connectivity index (χ2v) is 5.31. The summed E-state index contributed by atoms with van der Waals surface area (Å²) in [6.07, 6.45) is 0. The molecular formula is C14H18N2O4. The van der Waals surface area contributed by atoms with E-state index in [1.165, 1.54) is 6.07 Å². The van der Waals surface area contributed by atoms with E-state index in [2.05, 4.69) is 5.32 Å². The number of carboxylic acid groups (broad SMARTS) is 1. The van der Waals surface area contributed by atoms with Crippen molar-refractivity contribution < 1.29 is 19.4 Å². The molecule has 1 aromatic rings. The maximum atomic E-state index is 12.2. The number of carboxylic acids is 1. The Kier molecular flexibility index (Phi) is 3.94. The SMILES string of the molecule is CC1(C)CN(C(=O)Nc2ccccc2C(=O)O)CCO1. The van der Waals surface area contributed by atoms with Gasteiger partial charge in [0.2, 0.25) is 0 Å². The molecule has 1 saturated heterocycles. The number of carbonyl (C=O) groups is 2. The second-order valence-electron chi connectivity index (χ2n) is 5.31. The van der Waals surface area contributed by atoms with Crippen LogP contribution in [0, 0.1) is 0 Å². The van der Waals surface area contributed by atoms with E-state index >= 15 is 0 Å². The molecule has 0 unspecified atom stereocenters. The fourth-order valence-electron chi connectivity index (χ4n) is 2.16. The number of urea groups is 1. The van der Waals surface area contributed by atoms with E-state index in [1.807, 2.05) is 13.8 Å². The molecule has 1 aliphatic rings. The average molecular weight is 278 g/mol. The van der Waals surface area contributed by atoms with Crippen LogP contribution in [0.5, 0.6) is 0 Å². The number of hydrogen-bond acceptors (Lipinski definition) is 3. The first-order chi connectivity index (χ1) is 9.39. The van der Waals surface area contributed by atoms with Crippen molar-refractivity contribution in [1.29, 1.82) is 0 Å². The summed E-state index contributed by atoms with van der Waals surface area (Å²) in [5, 5.41) is 11.7. The van der Waals surface area contributed by atoms with Gasteiger partial charge in [0.15, 0.2) is 0 Å². The summed E-state index contributed by atoms with van der Waals surface area (Å²) in [5.74, 6) is -1.07. The van der Waals surface area contributed by atoms with E-state index in [-0.39, 0.29) is 17.2 Å². The fourth-order valence-corrected chi connectivity index (χ4v) is 2.16. The van der Waals surface area contributed by atoms with Crippen molar-refractivity contribution in [3.8, 4) is 0 Å². The number of ether oxygens (including phenoxy) is 1. The summed E-state index contributed by atoms with van der Waals surface area (Å²) >= 11 is 0. The highest BCUT2D eigenvalue weighted by Gasteiger charge is 2.30. The van der Waals surface area contributed by atoms with Crippen LogP contribution in [0.3, 0.4) is 0 Å². The number of benzene rings is 1. The van der Waals surface area contributed by atoms with Crippen LogP contribution < -0.4 is 5.32 Å². The lowest BCUT2D eigenvalue weighted by Gasteiger charge is -2.38. The maximum Gasteiger partial charge on any atom is 0.337 e. The molecule has 0 aromatic heterocycles. The summed E-state index contributed by atoms with van der Waals surface area (Å²) in [4.78, 5) is 24.9. The molecule has 6 nitrogen and oxygen atoms in total. The van der Waals surface area contributed by atoms with Crippen molar-refractivity contribution in [3.63, 3.8) is 0 Å². The zero-order valence-electron chi connectivity index (χ0n) is 11.5. The Morgan fingerprint density at radius 3 is 2.70 bits per heavy atom. The van der Waals surface area contributed by atoms with Gasteiger partial charge in [0, 0.05) is 6.54 Å². The minimum atomic E-state index is -1.07. The van der Waals surface area contributed by atoms with Crippen molar-refractivity contribution in [2.75, 3.05) is 25.0 Å². The van der Waals surface area contributed by atoms with Gasteiger partial charge in [-0.05, 0) is 26.0 Å². The quantitative estimate of drug-likeness (QED) is 0.867. The van der Waals surface area contributed by atoms with Crippen molar-refractivity contribution >= 4 is 17.7 Å². The van der Waals surface area contributed by atoms with Gasteiger partial charge < -0.3 is 20.1 Å². The Labute approximate surface area is 117 Å². The van der Waals surface area contributed by atoms with Gasteiger partial charge >= 0.3 is 12.0 Å². The lowest BCUT2D eigenvalue weighted by atomic mass is 10.1. The first-order valence-electron chi connectivity index (χ1n) is 6.41. The van der Waals surface area contributed by atoms with Crippen LogP contribution in [0.25, 0.3) is 0 Å². The van der Waals surface area contributed by atoms with Gasteiger partial charge in [-0.15, -0.1) is 0 Å². The largest absolute Gasteiger partial charge is 0.478 e. The molecule has 1 aromatic carbocycles. The molecule has 0 atom stereocenters. The Morgan fingerprint density at radius 2 is 2.05 bits per heavy atom. The fraction of sp³-hybridized carbons (Fsp3) is 0.429. The number of anilines is 1. The standard InChI is InChI=1S/C14H18N2O4/c1-14(2)9-16(7-8-20-14)13(19)15-11-6-4-3-5-10(11)12(17)18/h3-6H,7-9H2,1-2H3,(H,15,19)(H,17,18). The van der Waals surface area contributed by atoms with Gasteiger partial charge in [-0.25, -0.2) is 9.59 Å². The Hall–Kier alpha value is -2.08. The molecule has 0 bridgehead atoms. The van der Waals surface area contributed by atoms with Gasteiger partial charge in [0.25, 0.3) is 0 Å². The van der Waals surface area contributed by atoms with Crippen LogP contribution in [-0.4, -0.2) is 47.3 Å². The van der Waals surface area contributed by atoms with Gasteiger partial charge in [0.1, 0.15) is 0 Å². The summed E-state index contributed by atoms with van der Waals surface area (Å²) in [6, 6.07) is 6.03. The van der Waals surface area contributed by atoms with Gasteiger partial charge in [0.05, 0.1) is 30.0 Å². The molecule has 1 aliphatic heterocycles. The molecule has 2 N–H and O–H groups in total. The number of aromatic carboxylic acids is 1. The maximum absolute atomic E-state index is 12.2. The highest BCUT2D eigenvalue weighted by Crippen LogP contribution is 2.19. The normalized spacial score (nSPS) is 17.6. The zero-order valence-corrected chi connectivity index (χ0v) is 11.5. The van der Waals surface area contributed by atoms with E-state index < -0.39 is 5.97 Å². The van der Waals surface area contributed by atoms with E-state index in [0.717, 1.165) is 0 Å². The number of nitrogens with one attached hydrogen (secondary N) is 1. The smallest absolute Gasteiger partial charge is 0.337 e. The predicted octanol–water partition coefficient (Wildman–Crippen LogP) is 2.03. The van der Waals surface area contributed by atoms with Gasteiger partial charge in [-0.3, -0.25) is 0 Å². The van der Waals surface area contributed by atoms with Crippen LogP contribution in [0.2, 0.25) is 0 Å². The number of carbonyl (C=O) groups excluding carboxylic acids is 1. The third kappa shape index (κ3) is 3.27. The van der Waals surface area contributed by atoms with E-state index in [4.69, 9.17) is 9.84 Å². The molecule has 6 heteroatoms. The van der Waals surface area contributed by atoms with Crippen LogP contribution in [0.1, 0.15) is 24.2 Å². The molecule has 2 rings (SSSR count). The Bertz CT molecular complexity index is 528. The molecule has 0 aliphatic carbocycles. The number of amides is 2. The number of hydrogen-bond donors (Lipinski definition) is 2. The summed E-state index contributed by atoms with van der Waals surface area (Å²) in [5.41, 5.74) is -0.00953. The van der Waals surface area contributed by atoms with Crippen LogP contribution in [0.15, 0.2) is 24.3 Å². The monoisotopic (exact) mass is 278 g/mol. The number of morpholine rings is 1. The first kappa shape index (κ1) is 14.3. The third-order valence-corrected chi connectivity index (χ3v) is 3.11. The van der Waals surface area contributed by atoms with E-state index in [0.29, 0.717) is 25.4 Å². The molecule has 0 spiro atoms. The molecule has 1 heterocycles. The number of rotatable bonds is 2. The molecule has 108 valence electrons. The first-order valence-corrected chi connectivity index (χ1v) is 6.41. The van der Waals surface area contributed by atoms with Crippen molar-refractivity contribution in [1.82, 2.24) is 4.90 Å². The molecule has 0 saturated carbocycles. The molecule has 2 amide bonds. The van der Waals surface area contributed by atoms with Gasteiger partial charge in [-0.2, -0.15) is 0 Å². The van der Waals surface area contributed by atoms with Crippen molar-refractivity contribution in [3.05, 3.63) is 29.8 Å². The summed E-state index contributed by atoms with van der Waals surface area (Å²) < 4.78 is 5.54.